The number of hydrogen-bond acceptors (Lipinski definition) is 8. The summed E-state index contributed by atoms with van der Waals surface area (Å²) in [6, 6.07) is 27.1. The fourth-order valence-corrected chi connectivity index (χ4v) is 8.58. The van der Waals surface area contributed by atoms with Gasteiger partial charge in [-0.25, -0.2) is 0 Å². The van der Waals surface area contributed by atoms with Gasteiger partial charge in [-0.2, -0.15) is 5.26 Å². The van der Waals surface area contributed by atoms with Crippen molar-refractivity contribution in [3.63, 3.8) is 0 Å². The van der Waals surface area contributed by atoms with Gasteiger partial charge in [0.1, 0.15) is 28.8 Å². The number of aromatic nitrogens is 4. The van der Waals surface area contributed by atoms with Gasteiger partial charge in [0.25, 0.3) is 11.5 Å². The number of piperidine rings is 1. The second kappa shape index (κ2) is 17.5. The van der Waals surface area contributed by atoms with E-state index >= 15 is 0 Å². The number of H-pyrrole nitrogens is 1. The molecular weight excluding hydrogens is 818 g/mol. The molecule has 11 nitrogen and oxygen atoms in total. The zero-order valence-electron chi connectivity index (χ0n) is 32.1. The van der Waals surface area contributed by atoms with Gasteiger partial charge in [0.05, 0.1) is 16.7 Å². The van der Waals surface area contributed by atoms with E-state index in [1.807, 2.05) is 48.7 Å². The van der Waals surface area contributed by atoms with Crippen molar-refractivity contribution in [3.8, 4) is 34.4 Å². The van der Waals surface area contributed by atoms with E-state index in [1.54, 1.807) is 42.1 Å². The van der Waals surface area contributed by atoms with Crippen molar-refractivity contribution in [2.45, 2.75) is 63.5 Å². The van der Waals surface area contributed by atoms with Crippen LogP contribution in [0.4, 0.5) is 5.82 Å². The maximum Gasteiger partial charge on any atom is 0.274 e. The van der Waals surface area contributed by atoms with Crippen molar-refractivity contribution < 1.29 is 14.3 Å². The number of nitrogens with zero attached hydrogens (tertiary/aromatic N) is 5. The SMILES string of the molecule is Cn1cc(-c2cc(Br)ccc2Oc2ccc(CCC3CCN(c4ccc(C(=O)N[C@H]5CC[C@H](Oc6ccc(C#N)c(Cl)c6)CC5)nn4)CC3)cc2)c2cc[nH]c2c1=O. The predicted octanol–water partition coefficient (Wildman–Crippen LogP) is 9.37. The smallest absolute Gasteiger partial charge is 0.274 e. The minimum atomic E-state index is -0.210. The maximum absolute atomic E-state index is 13.0. The summed E-state index contributed by atoms with van der Waals surface area (Å²) in [5, 5.41) is 22.2. The Kier molecular flexibility index (Phi) is 11.8. The molecule has 296 valence electrons. The first-order valence-corrected chi connectivity index (χ1v) is 20.9. The maximum atomic E-state index is 13.0. The summed E-state index contributed by atoms with van der Waals surface area (Å²) in [5.74, 6) is 3.32. The predicted molar refractivity (Wildman–Crippen MR) is 229 cm³/mol. The van der Waals surface area contributed by atoms with E-state index in [9.17, 15) is 9.59 Å². The number of nitrogens with one attached hydrogen (secondary N) is 2. The summed E-state index contributed by atoms with van der Waals surface area (Å²) in [6.45, 7) is 1.80. The summed E-state index contributed by atoms with van der Waals surface area (Å²) in [6.07, 6.45) is 11.1. The first-order valence-electron chi connectivity index (χ1n) is 19.7. The summed E-state index contributed by atoms with van der Waals surface area (Å²) >= 11 is 9.76. The highest BCUT2D eigenvalue weighted by molar-refractivity contribution is 9.10. The molecule has 3 aromatic carbocycles. The zero-order valence-corrected chi connectivity index (χ0v) is 34.4. The Morgan fingerprint density at radius 1 is 0.948 bits per heavy atom. The minimum absolute atomic E-state index is 0.0316. The highest BCUT2D eigenvalue weighted by atomic mass is 79.9. The van der Waals surface area contributed by atoms with E-state index in [0.717, 1.165) is 97.0 Å². The third kappa shape index (κ3) is 8.91. The number of fused-ring (bicyclic) bond motifs is 1. The van der Waals surface area contributed by atoms with Crippen molar-refractivity contribution in [1.29, 1.82) is 5.26 Å². The molecule has 2 fully saturated rings. The molecule has 0 spiro atoms. The van der Waals surface area contributed by atoms with Crippen LogP contribution >= 0.6 is 27.5 Å². The molecule has 1 amide bonds. The third-order valence-corrected chi connectivity index (χ3v) is 12.1. The van der Waals surface area contributed by atoms with Crippen molar-refractivity contribution in [1.82, 2.24) is 25.1 Å². The third-order valence-electron chi connectivity index (χ3n) is 11.3. The van der Waals surface area contributed by atoms with Gasteiger partial charge in [0.15, 0.2) is 11.5 Å². The number of aromatic amines is 1. The van der Waals surface area contributed by atoms with Gasteiger partial charge in [-0.05, 0) is 124 Å². The van der Waals surface area contributed by atoms with Crippen LogP contribution in [0.5, 0.6) is 17.2 Å². The average molecular weight is 861 g/mol. The molecule has 1 saturated heterocycles. The van der Waals surface area contributed by atoms with Crippen LogP contribution < -0.4 is 25.2 Å². The lowest BCUT2D eigenvalue weighted by atomic mass is 9.90. The second-order valence-electron chi connectivity index (χ2n) is 15.2. The number of nitriles is 1. The van der Waals surface area contributed by atoms with E-state index < -0.39 is 0 Å². The van der Waals surface area contributed by atoms with Gasteiger partial charge in [-0.1, -0.05) is 39.7 Å². The average Bonchev–Trinajstić information content (AvgIpc) is 3.74. The van der Waals surface area contributed by atoms with Gasteiger partial charge in [0, 0.05) is 65.6 Å². The fraction of sp³-hybridized carbons (Fsp3) is 0.311. The van der Waals surface area contributed by atoms with Crippen LogP contribution in [-0.4, -0.2) is 50.9 Å². The molecule has 4 heterocycles. The lowest BCUT2D eigenvalue weighted by Crippen LogP contribution is -2.40. The molecule has 2 N–H and O–H groups in total. The highest BCUT2D eigenvalue weighted by Crippen LogP contribution is 2.38. The number of carbonyl (C=O) groups excluding carboxylic acids is 1. The molecule has 1 aliphatic carbocycles. The number of halogens is 2. The largest absolute Gasteiger partial charge is 0.490 e. The lowest BCUT2D eigenvalue weighted by Gasteiger charge is -2.32. The summed E-state index contributed by atoms with van der Waals surface area (Å²) in [7, 11) is 1.76. The van der Waals surface area contributed by atoms with Crippen molar-refractivity contribution in [2.24, 2.45) is 13.0 Å². The van der Waals surface area contributed by atoms with Crippen LogP contribution in [0.2, 0.25) is 5.02 Å². The molecule has 0 radical (unpaired) electrons. The number of benzene rings is 3. The molecule has 58 heavy (non-hydrogen) atoms. The van der Waals surface area contributed by atoms with Gasteiger partial charge >= 0.3 is 0 Å². The van der Waals surface area contributed by atoms with E-state index in [-0.39, 0.29) is 23.6 Å². The first-order chi connectivity index (χ1) is 28.2. The van der Waals surface area contributed by atoms with E-state index in [2.05, 4.69) is 59.5 Å². The summed E-state index contributed by atoms with van der Waals surface area (Å²) in [4.78, 5) is 31.0. The molecule has 8 rings (SSSR count). The number of ether oxygens (including phenoxy) is 2. The number of carbonyl (C=O) groups is 1. The Morgan fingerprint density at radius 2 is 1.72 bits per heavy atom. The van der Waals surface area contributed by atoms with Crippen LogP contribution in [0, 0.1) is 17.2 Å². The van der Waals surface area contributed by atoms with E-state index in [1.165, 1.54) is 5.56 Å². The minimum Gasteiger partial charge on any atom is -0.490 e. The molecule has 6 aromatic rings. The molecule has 1 aliphatic heterocycles. The molecule has 0 bridgehead atoms. The Hall–Kier alpha value is -5.64. The van der Waals surface area contributed by atoms with Gasteiger partial charge < -0.3 is 29.2 Å². The Labute approximate surface area is 350 Å². The molecule has 13 heteroatoms. The van der Waals surface area contributed by atoms with Crippen molar-refractivity contribution in [3.05, 3.63) is 128 Å². The normalized spacial score (nSPS) is 17.2. The quantitative estimate of drug-likeness (QED) is 0.132. The Morgan fingerprint density at radius 3 is 2.45 bits per heavy atom. The number of pyridine rings is 1. The summed E-state index contributed by atoms with van der Waals surface area (Å²) < 4.78 is 15.0. The highest BCUT2D eigenvalue weighted by Gasteiger charge is 2.26. The molecule has 2 aliphatic rings. The Balaban J connectivity index is 0.782. The second-order valence-corrected chi connectivity index (χ2v) is 16.5. The van der Waals surface area contributed by atoms with Gasteiger partial charge in [-0.3, -0.25) is 9.59 Å². The van der Waals surface area contributed by atoms with Crippen LogP contribution in [0.15, 0.2) is 101 Å². The molecule has 3 aromatic heterocycles. The number of aryl methyl sites for hydroxylation is 2. The summed E-state index contributed by atoms with van der Waals surface area (Å²) in [5.41, 5.74) is 4.31. The van der Waals surface area contributed by atoms with Crippen LogP contribution in [0.25, 0.3) is 22.0 Å². The molecular formula is C45H43BrClN7O4. The van der Waals surface area contributed by atoms with Crippen LogP contribution in [-0.2, 0) is 13.5 Å². The number of hydrogen-bond donors (Lipinski definition) is 2. The topological polar surface area (TPSA) is 138 Å². The number of amides is 1. The van der Waals surface area contributed by atoms with E-state index in [4.69, 9.17) is 26.3 Å². The monoisotopic (exact) mass is 859 g/mol. The first kappa shape index (κ1) is 39.2. The van der Waals surface area contributed by atoms with Crippen LogP contribution in [0.3, 0.4) is 0 Å². The van der Waals surface area contributed by atoms with Crippen molar-refractivity contribution >= 4 is 50.2 Å². The van der Waals surface area contributed by atoms with Crippen molar-refractivity contribution in [2.75, 3.05) is 18.0 Å². The number of rotatable bonds is 11. The van der Waals surface area contributed by atoms with E-state index in [0.29, 0.717) is 39.2 Å². The Bertz CT molecular complexity index is 2520. The molecule has 0 unspecified atom stereocenters. The standard InChI is InChI=1S/C45H43BrClN7O4/c1-53-27-38(36-18-21-49-43(36)45(53)56)37-24-31(46)7-16-41(37)58-34-10-4-28(5-11-34)2-3-29-19-22-54(23-20-29)42-17-15-40(51-52-42)44(55)50-32-8-13-33(14-9-32)57-35-12-6-30(26-48)39(47)25-35/h4-7,10-12,15-18,21,24-25,27,29,32-33,49H,2-3,8-9,13-14,19-20,22-23H2,1H3,(H,50,55)/t32-,33-. The number of anilines is 1. The van der Waals surface area contributed by atoms with Crippen LogP contribution in [0.1, 0.15) is 66.6 Å². The molecule has 0 atom stereocenters. The van der Waals surface area contributed by atoms with Gasteiger partial charge in [0.2, 0.25) is 0 Å². The van der Waals surface area contributed by atoms with Gasteiger partial charge in [-0.15, -0.1) is 10.2 Å². The zero-order chi connectivity index (χ0) is 40.2. The lowest BCUT2D eigenvalue weighted by molar-refractivity contribution is 0.0888. The fourth-order valence-electron chi connectivity index (χ4n) is 8.01. The molecule has 1 saturated carbocycles.